The van der Waals surface area contributed by atoms with Gasteiger partial charge >= 0.3 is 5.97 Å². The molecule has 2 aliphatic rings. The average molecular weight is 379 g/mol. The highest BCUT2D eigenvalue weighted by Gasteiger charge is 2.28. The molecule has 6 nitrogen and oxygen atoms in total. The number of carbonyl (C=O) groups excluding carboxylic acids is 2. The summed E-state index contributed by atoms with van der Waals surface area (Å²) >= 11 is 0. The first-order valence-corrected chi connectivity index (χ1v) is 10.8. The van der Waals surface area contributed by atoms with E-state index in [2.05, 4.69) is 0 Å². The largest absolute Gasteiger partial charge is 0.451 e. The van der Waals surface area contributed by atoms with E-state index in [0.717, 1.165) is 38.5 Å². The molecule has 1 saturated carbocycles. The van der Waals surface area contributed by atoms with Gasteiger partial charge in [0.15, 0.2) is 11.9 Å². The minimum atomic E-state index is -3.54. The highest BCUT2D eigenvalue weighted by Crippen LogP contribution is 2.22. The Morgan fingerprint density at radius 3 is 2.23 bits per heavy atom. The van der Waals surface area contributed by atoms with Crippen molar-refractivity contribution in [3.05, 3.63) is 29.8 Å². The minimum absolute atomic E-state index is 0.0371. The summed E-state index contributed by atoms with van der Waals surface area (Å²) in [6.07, 6.45) is 5.91. The maximum atomic E-state index is 12.7. The second-order valence-electron chi connectivity index (χ2n) is 6.95. The Hall–Kier alpha value is -1.73. The number of esters is 1. The Balaban J connectivity index is 1.69. The summed E-state index contributed by atoms with van der Waals surface area (Å²) in [4.78, 5) is 24.2. The molecule has 1 heterocycles. The van der Waals surface area contributed by atoms with Gasteiger partial charge < -0.3 is 4.74 Å². The molecule has 0 unspecified atom stereocenters. The molecular weight excluding hydrogens is 354 g/mol. The van der Waals surface area contributed by atoms with Crippen LogP contribution in [-0.4, -0.2) is 43.7 Å². The molecule has 1 aliphatic carbocycles. The van der Waals surface area contributed by atoms with Crippen LogP contribution in [0.1, 0.15) is 61.7 Å². The van der Waals surface area contributed by atoms with Gasteiger partial charge in [0.2, 0.25) is 10.0 Å². The van der Waals surface area contributed by atoms with Gasteiger partial charge in [-0.15, -0.1) is 0 Å². The van der Waals surface area contributed by atoms with Crippen molar-refractivity contribution in [3.8, 4) is 0 Å². The Morgan fingerprint density at radius 1 is 0.962 bits per heavy atom. The second-order valence-corrected chi connectivity index (χ2v) is 8.89. The number of nitrogens with zero attached hydrogens (tertiary/aromatic N) is 1. The SMILES string of the molecule is O=C(O[C@H]1CCCCC1=O)c1ccc(S(=O)(=O)N2CCCCCC2)cc1. The number of Topliss-reactive ketones (excluding diaryl/α,β-unsaturated/α-hetero) is 1. The molecule has 1 aromatic rings. The second kappa shape index (κ2) is 8.31. The summed E-state index contributed by atoms with van der Waals surface area (Å²) in [7, 11) is -3.54. The quantitative estimate of drug-likeness (QED) is 0.752. The van der Waals surface area contributed by atoms with Gasteiger partial charge in [-0.2, -0.15) is 4.31 Å². The molecule has 0 bridgehead atoms. The van der Waals surface area contributed by atoms with E-state index in [-0.39, 0.29) is 16.2 Å². The van der Waals surface area contributed by atoms with Gasteiger partial charge in [0, 0.05) is 19.5 Å². The molecule has 142 valence electrons. The fourth-order valence-corrected chi connectivity index (χ4v) is 4.98. The maximum absolute atomic E-state index is 12.7. The van der Waals surface area contributed by atoms with Crippen LogP contribution < -0.4 is 0 Å². The van der Waals surface area contributed by atoms with Crippen molar-refractivity contribution in [2.75, 3.05) is 13.1 Å². The fraction of sp³-hybridized carbons (Fsp3) is 0.579. The summed E-state index contributed by atoms with van der Waals surface area (Å²) in [5.41, 5.74) is 0.262. The lowest BCUT2D eigenvalue weighted by atomic mass is 9.96. The van der Waals surface area contributed by atoms with Crippen LogP contribution in [0, 0.1) is 0 Å². The highest BCUT2D eigenvalue weighted by molar-refractivity contribution is 7.89. The molecule has 7 heteroatoms. The number of rotatable bonds is 4. The van der Waals surface area contributed by atoms with Crippen LogP contribution >= 0.6 is 0 Å². The molecule has 0 N–H and O–H groups in total. The molecule has 0 aromatic heterocycles. The lowest BCUT2D eigenvalue weighted by molar-refractivity contribution is -0.129. The highest BCUT2D eigenvalue weighted by atomic mass is 32.2. The van der Waals surface area contributed by atoms with E-state index in [1.165, 1.54) is 28.6 Å². The minimum Gasteiger partial charge on any atom is -0.451 e. The van der Waals surface area contributed by atoms with E-state index in [4.69, 9.17) is 4.74 Å². The number of carbonyl (C=O) groups is 2. The van der Waals surface area contributed by atoms with Gasteiger partial charge in [0.25, 0.3) is 0 Å². The first-order chi connectivity index (χ1) is 12.5. The van der Waals surface area contributed by atoms with Crippen LogP contribution in [0.5, 0.6) is 0 Å². The summed E-state index contributed by atoms with van der Waals surface area (Å²) in [6, 6.07) is 5.81. The van der Waals surface area contributed by atoms with Gasteiger partial charge in [0.1, 0.15) is 0 Å². The van der Waals surface area contributed by atoms with Crippen molar-refractivity contribution in [2.45, 2.75) is 62.4 Å². The average Bonchev–Trinajstić information content (AvgIpc) is 2.94. The molecule has 26 heavy (non-hydrogen) atoms. The van der Waals surface area contributed by atoms with Crippen LogP contribution in [0.25, 0.3) is 0 Å². The van der Waals surface area contributed by atoms with Crippen LogP contribution in [0.3, 0.4) is 0 Å². The number of benzene rings is 1. The molecule has 0 radical (unpaired) electrons. The number of sulfonamides is 1. The smallest absolute Gasteiger partial charge is 0.338 e. The van der Waals surface area contributed by atoms with E-state index in [9.17, 15) is 18.0 Å². The number of ketones is 1. The summed E-state index contributed by atoms with van der Waals surface area (Å²) in [5.74, 6) is -0.617. The van der Waals surface area contributed by atoms with Crippen molar-refractivity contribution in [1.29, 1.82) is 0 Å². The molecule has 1 aliphatic heterocycles. The zero-order valence-electron chi connectivity index (χ0n) is 14.9. The normalized spacial score (nSPS) is 22.6. The molecule has 3 rings (SSSR count). The van der Waals surface area contributed by atoms with E-state index in [1.54, 1.807) is 0 Å². The third-order valence-electron chi connectivity index (χ3n) is 5.04. The van der Waals surface area contributed by atoms with E-state index in [1.807, 2.05) is 0 Å². The Kier molecular flexibility index (Phi) is 6.09. The van der Waals surface area contributed by atoms with Crippen molar-refractivity contribution in [1.82, 2.24) is 4.31 Å². The van der Waals surface area contributed by atoms with E-state index in [0.29, 0.717) is 25.9 Å². The summed E-state index contributed by atoms with van der Waals surface area (Å²) < 4.78 is 32.3. The molecule has 1 aromatic carbocycles. The zero-order chi connectivity index (χ0) is 18.6. The number of hydrogen-bond acceptors (Lipinski definition) is 5. The Labute approximate surface area is 154 Å². The van der Waals surface area contributed by atoms with E-state index < -0.39 is 22.1 Å². The van der Waals surface area contributed by atoms with Crippen LogP contribution in [-0.2, 0) is 19.6 Å². The molecule has 2 fully saturated rings. The number of ether oxygens (including phenoxy) is 1. The van der Waals surface area contributed by atoms with Gasteiger partial charge in [-0.1, -0.05) is 12.8 Å². The third kappa shape index (κ3) is 4.32. The predicted octanol–water partition coefficient (Wildman–Crippen LogP) is 2.92. The Bertz CT molecular complexity index is 749. The number of hydrogen-bond donors (Lipinski definition) is 0. The molecule has 1 atom stereocenters. The first kappa shape index (κ1) is 19.0. The molecule has 0 spiro atoms. The van der Waals surface area contributed by atoms with Crippen molar-refractivity contribution in [2.24, 2.45) is 0 Å². The fourth-order valence-electron chi connectivity index (χ4n) is 3.47. The molecule has 0 amide bonds. The summed E-state index contributed by atoms with van der Waals surface area (Å²) in [5, 5.41) is 0. The first-order valence-electron chi connectivity index (χ1n) is 9.32. The standard InChI is InChI=1S/C19H25NO5S/c21-17-7-3-4-8-18(17)25-19(22)15-9-11-16(12-10-15)26(23,24)20-13-5-1-2-6-14-20/h9-12,18H,1-8,13-14H2/t18-/m0/s1. The van der Waals surface area contributed by atoms with Gasteiger partial charge in [-0.3, -0.25) is 4.79 Å². The molecular formula is C19H25NO5S. The van der Waals surface area contributed by atoms with Crippen molar-refractivity contribution >= 4 is 21.8 Å². The summed E-state index contributed by atoms with van der Waals surface area (Å²) in [6.45, 7) is 1.08. The monoisotopic (exact) mass is 379 g/mol. The zero-order valence-corrected chi connectivity index (χ0v) is 15.7. The molecule has 1 saturated heterocycles. The maximum Gasteiger partial charge on any atom is 0.338 e. The van der Waals surface area contributed by atoms with Crippen LogP contribution in [0.2, 0.25) is 0 Å². The third-order valence-corrected chi connectivity index (χ3v) is 6.95. The van der Waals surface area contributed by atoms with Gasteiger partial charge in [-0.25, -0.2) is 13.2 Å². The lowest BCUT2D eigenvalue weighted by Crippen LogP contribution is -2.32. The van der Waals surface area contributed by atoms with Crippen LogP contribution in [0.15, 0.2) is 29.2 Å². The van der Waals surface area contributed by atoms with Gasteiger partial charge in [-0.05, 0) is 56.4 Å². The Morgan fingerprint density at radius 2 is 1.62 bits per heavy atom. The van der Waals surface area contributed by atoms with Gasteiger partial charge in [0.05, 0.1) is 10.5 Å². The van der Waals surface area contributed by atoms with Crippen molar-refractivity contribution < 1.29 is 22.7 Å². The van der Waals surface area contributed by atoms with Crippen molar-refractivity contribution in [3.63, 3.8) is 0 Å². The topological polar surface area (TPSA) is 80.8 Å². The lowest BCUT2D eigenvalue weighted by Gasteiger charge is -2.21. The van der Waals surface area contributed by atoms with Crippen LogP contribution in [0.4, 0.5) is 0 Å². The van der Waals surface area contributed by atoms with E-state index >= 15 is 0 Å². The predicted molar refractivity (Wildman–Crippen MR) is 96.3 cm³/mol.